The summed E-state index contributed by atoms with van der Waals surface area (Å²) in [4.78, 5) is 11.5. The van der Waals surface area contributed by atoms with E-state index >= 15 is 0 Å². The Morgan fingerprint density at radius 1 is 1.57 bits per heavy atom. The number of hydrogen-bond donors (Lipinski definition) is 0. The molecule has 0 heterocycles. The maximum atomic E-state index is 12.7. The van der Waals surface area contributed by atoms with Crippen molar-refractivity contribution < 1.29 is 9.18 Å². The second kappa shape index (κ2) is 5.05. The molecule has 0 fully saturated rings. The first-order valence-corrected chi connectivity index (χ1v) is 5.03. The fourth-order valence-corrected chi connectivity index (χ4v) is 1.66. The molecule has 14 heavy (non-hydrogen) atoms. The van der Waals surface area contributed by atoms with Crippen molar-refractivity contribution in [1.29, 1.82) is 0 Å². The van der Waals surface area contributed by atoms with E-state index in [0.717, 1.165) is 0 Å². The second-order valence-corrected chi connectivity index (χ2v) is 3.73. The van der Waals surface area contributed by atoms with E-state index in [1.807, 2.05) is 0 Å². The molecule has 0 aliphatic heterocycles. The fourth-order valence-electron chi connectivity index (χ4n) is 1.08. The van der Waals surface area contributed by atoms with E-state index in [1.54, 1.807) is 6.08 Å². The summed E-state index contributed by atoms with van der Waals surface area (Å²) in [6.45, 7) is 3.54. The number of Topliss-reactive ketones (excluding diaryl/α,β-unsaturated/α-hetero) is 1. The molecule has 0 saturated carbocycles. The summed E-state index contributed by atoms with van der Waals surface area (Å²) in [5, 5.41) is 0. The smallest absolute Gasteiger partial charge is 0.164 e. The summed E-state index contributed by atoms with van der Waals surface area (Å²) in [7, 11) is 0. The van der Waals surface area contributed by atoms with Crippen LogP contribution in [0.15, 0.2) is 35.3 Å². The average molecular weight is 257 g/mol. The number of carbonyl (C=O) groups is 1. The Morgan fingerprint density at radius 2 is 2.29 bits per heavy atom. The molecule has 1 rings (SSSR count). The van der Waals surface area contributed by atoms with Gasteiger partial charge in [0.25, 0.3) is 0 Å². The van der Waals surface area contributed by atoms with Crippen LogP contribution in [0.1, 0.15) is 23.2 Å². The van der Waals surface area contributed by atoms with Crippen LogP contribution in [-0.2, 0) is 0 Å². The molecule has 1 nitrogen and oxygen atoms in total. The second-order valence-electron chi connectivity index (χ2n) is 2.87. The molecule has 0 aliphatic carbocycles. The summed E-state index contributed by atoms with van der Waals surface area (Å²) >= 11 is 3.15. The van der Waals surface area contributed by atoms with Crippen LogP contribution in [-0.4, -0.2) is 5.78 Å². The molecule has 1 aromatic carbocycles. The summed E-state index contributed by atoms with van der Waals surface area (Å²) in [6, 6.07) is 4.07. The van der Waals surface area contributed by atoms with Crippen molar-refractivity contribution in [2.75, 3.05) is 0 Å². The van der Waals surface area contributed by atoms with E-state index in [4.69, 9.17) is 0 Å². The summed E-state index contributed by atoms with van der Waals surface area (Å²) in [5.74, 6) is -0.353. The fraction of sp³-hybridized carbons (Fsp3) is 0.182. The first-order valence-electron chi connectivity index (χ1n) is 4.24. The standard InChI is InChI=1S/C11H10BrFO/c1-2-3-4-11(14)9-6-5-8(13)7-10(9)12/h2,5-7H,1,3-4H2. The summed E-state index contributed by atoms with van der Waals surface area (Å²) in [5.41, 5.74) is 0.522. The van der Waals surface area contributed by atoms with Gasteiger partial charge in [-0.15, -0.1) is 6.58 Å². The minimum Gasteiger partial charge on any atom is -0.294 e. The monoisotopic (exact) mass is 256 g/mol. The van der Waals surface area contributed by atoms with Crippen LogP contribution in [0.2, 0.25) is 0 Å². The zero-order valence-corrected chi connectivity index (χ0v) is 9.18. The maximum Gasteiger partial charge on any atom is 0.164 e. The third kappa shape index (κ3) is 2.77. The molecule has 0 aliphatic rings. The highest BCUT2D eigenvalue weighted by molar-refractivity contribution is 9.10. The molecule has 74 valence electrons. The van der Waals surface area contributed by atoms with Crippen molar-refractivity contribution >= 4 is 21.7 Å². The number of carbonyl (C=O) groups excluding carboxylic acids is 1. The van der Waals surface area contributed by atoms with Crippen molar-refractivity contribution in [2.45, 2.75) is 12.8 Å². The van der Waals surface area contributed by atoms with Crippen molar-refractivity contribution in [3.63, 3.8) is 0 Å². The molecule has 0 saturated heterocycles. The van der Waals surface area contributed by atoms with Crippen LogP contribution in [0, 0.1) is 5.82 Å². The van der Waals surface area contributed by atoms with E-state index in [9.17, 15) is 9.18 Å². The van der Waals surface area contributed by atoms with Gasteiger partial charge in [0.1, 0.15) is 5.82 Å². The van der Waals surface area contributed by atoms with Gasteiger partial charge in [-0.1, -0.05) is 6.08 Å². The van der Waals surface area contributed by atoms with Gasteiger partial charge >= 0.3 is 0 Å². The van der Waals surface area contributed by atoms with Crippen LogP contribution in [0.3, 0.4) is 0 Å². The van der Waals surface area contributed by atoms with E-state index in [1.165, 1.54) is 18.2 Å². The number of hydrogen-bond acceptors (Lipinski definition) is 1. The highest BCUT2D eigenvalue weighted by atomic mass is 79.9. The number of benzene rings is 1. The van der Waals surface area contributed by atoms with Gasteiger partial charge in [-0.05, 0) is 40.5 Å². The van der Waals surface area contributed by atoms with Gasteiger partial charge < -0.3 is 0 Å². The minimum absolute atomic E-state index is 0.00299. The van der Waals surface area contributed by atoms with Crippen molar-refractivity contribution in [3.05, 3.63) is 46.7 Å². The Hall–Kier alpha value is -0.960. The molecule has 0 spiro atoms. The predicted molar refractivity (Wildman–Crippen MR) is 57.9 cm³/mol. The van der Waals surface area contributed by atoms with Crippen molar-refractivity contribution in [1.82, 2.24) is 0 Å². The third-order valence-electron chi connectivity index (χ3n) is 1.81. The molecule has 0 amide bonds. The Morgan fingerprint density at radius 3 is 2.86 bits per heavy atom. The molecule has 1 aromatic rings. The van der Waals surface area contributed by atoms with Crippen LogP contribution < -0.4 is 0 Å². The highest BCUT2D eigenvalue weighted by Gasteiger charge is 2.09. The molecular weight excluding hydrogens is 247 g/mol. The van der Waals surface area contributed by atoms with Crippen molar-refractivity contribution in [2.24, 2.45) is 0 Å². The lowest BCUT2D eigenvalue weighted by Gasteiger charge is -2.02. The lowest BCUT2D eigenvalue weighted by molar-refractivity contribution is 0.0983. The Kier molecular flexibility index (Phi) is 4.01. The number of halogens is 2. The summed E-state index contributed by atoms with van der Waals surface area (Å²) < 4.78 is 13.2. The molecule has 0 bridgehead atoms. The van der Waals surface area contributed by atoms with Crippen LogP contribution in [0.25, 0.3) is 0 Å². The molecule has 0 N–H and O–H groups in total. The largest absolute Gasteiger partial charge is 0.294 e. The topological polar surface area (TPSA) is 17.1 Å². The van der Waals surface area contributed by atoms with E-state index in [2.05, 4.69) is 22.5 Å². The van der Waals surface area contributed by atoms with Gasteiger partial charge in [0, 0.05) is 16.5 Å². The van der Waals surface area contributed by atoms with Gasteiger partial charge in [0.05, 0.1) is 0 Å². The molecule has 0 atom stereocenters. The molecular formula is C11H10BrFO. The van der Waals surface area contributed by atoms with Crippen molar-refractivity contribution in [3.8, 4) is 0 Å². The van der Waals surface area contributed by atoms with Gasteiger partial charge in [-0.25, -0.2) is 4.39 Å². The average Bonchev–Trinajstić information content (AvgIpc) is 2.14. The third-order valence-corrected chi connectivity index (χ3v) is 2.46. The minimum atomic E-state index is -0.350. The number of rotatable bonds is 4. The zero-order chi connectivity index (χ0) is 10.6. The van der Waals surface area contributed by atoms with Gasteiger partial charge in [-0.2, -0.15) is 0 Å². The zero-order valence-electron chi connectivity index (χ0n) is 7.59. The molecule has 0 aromatic heterocycles. The maximum absolute atomic E-state index is 12.7. The van der Waals surface area contributed by atoms with Crippen LogP contribution >= 0.6 is 15.9 Å². The lowest BCUT2D eigenvalue weighted by Crippen LogP contribution is -1.99. The van der Waals surface area contributed by atoms with Gasteiger partial charge in [-0.3, -0.25) is 4.79 Å². The molecule has 0 unspecified atom stereocenters. The summed E-state index contributed by atoms with van der Waals surface area (Å²) in [6.07, 6.45) is 2.74. The van der Waals surface area contributed by atoms with Gasteiger partial charge in [0.15, 0.2) is 5.78 Å². The van der Waals surface area contributed by atoms with Crippen LogP contribution in [0.5, 0.6) is 0 Å². The first kappa shape index (κ1) is 11.1. The highest BCUT2D eigenvalue weighted by Crippen LogP contribution is 2.19. The quantitative estimate of drug-likeness (QED) is 0.593. The molecule has 3 heteroatoms. The Labute approximate surface area is 90.8 Å². The van der Waals surface area contributed by atoms with E-state index < -0.39 is 0 Å². The van der Waals surface area contributed by atoms with E-state index in [-0.39, 0.29) is 11.6 Å². The number of ketones is 1. The van der Waals surface area contributed by atoms with E-state index in [0.29, 0.717) is 22.9 Å². The Bertz CT molecular complexity index is 360. The first-order chi connectivity index (χ1) is 6.65. The lowest BCUT2D eigenvalue weighted by atomic mass is 10.1. The number of allylic oxidation sites excluding steroid dienone is 1. The Balaban J connectivity index is 2.84. The van der Waals surface area contributed by atoms with Gasteiger partial charge in [0.2, 0.25) is 0 Å². The normalized spacial score (nSPS) is 9.86. The van der Waals surface area contributed by atoms with Crippen LogP contribution in [0.4, 0.5) is 4.39 Å². The SMILES string of the molecule is C=CCCC(=O)c1ccc(F)cc1Br. The predicted octanol–water partition coefficient (Wildman–Crippen LogP) is 3.74. The molecule has 0 radical (unpaired) electrons.